The van der Waals surface area contributed by atoms with Gasteiger partial charge in [0, 0.05) is 22.9 Å². The predicted octanol–water partition coefficient (Wildman–Crippen LogP) is 4.55. The van der Waals surface area contributed by atoms with E-state index in [2.05, 4.69) is 19.9 Å². The van der Waals surface area contributed by atoms with Crippen LogP contribution in [0.25, 0.3) is 22.2 Å². The van der Waals surface area contributed by atoms with Crippen LogP contribution in [-0.2, 0) is 6.18 Å². The number of aromatic amines is 1. The molecule has 0 radical (unpaired) electrons. The van der Waals surface area contributed by atoms with Gasteiger partial charge >= 0.3 is 6.18 Å². The predicted molar refractivity (Wildman–Crippen MR) is 99.0 cm³/mol. The topological polar surface area (TPSA) is 71.5 Å². The van der Waals surface area contributed by atoms with Gasteiger partial charge in [0.15, 0.2) is 0 Å². The molecule has 4 aromatic rings. The Morgan fingerprint density at radius 3 is 2.43 bits per heavy atom. The fraction of sp³-hybridized carbons (Fsp3) is 0.0526. The molecule has 9 heteroatoms. The molecule has 2 heterocycles. The molecule has 2 aromatic heterocycles. The molecule has 0 amide bonds. The molecular formula is C19H11F3N4OS. The van der Waals surface area contributed by atoms with Crippen LogP contribution in [0.15, 0.2) is 75.9 Å². The number of alkyl halides is 3. The summed E-state index contributed by atoms with van der Waals surface area (Å²) in [5, 5.41) is 0.991. The molecule has 0 aliphatic rings. The minimum absolute atomic E-state index is 0.334. The Morgan fingerprint density at radius 1 is 0.929 bits per heavy atom. The molecule has 0 bridgehead atoms. The van der Waals surface area contributed by atoms with Crippen molar-refractivity contribution in [2.75, 3.05) is 0 Å². The van der Waals surface area contributed by atoms with Crippen molar-refractivity contribution in [3.63, 3.8) is 0 Å². The second kappa shape index (κ2) is 7.08. The second-order valence-corrected chi connectivity index (χ2v) is 6.86. The zero-order valence-corrected chi connectivity index (χ0v) is 14.9. The molecule has 2 aromatic carbocycles. The molecule has 28 heavy (non-hydrogen) atoms. The fourth-order valence-corrected chi connectivity index (χ4v) is 3.53. The van der Waals surface area contributed by atoms with E-state index >= 15 is 0 Å². The lowest BCUT2D eigenvalue weighted by Crippen LogP contribution is -2.06. The summed E-state index contributed by atoms with van der Waals surface area (Å²) in [7, 11) is 0. The number of hydrogen-bond donors (Lipinski definition) is 1. The third kappa shape index (κ3) is 3.61. The maximum absolute atomic E-state index is 12.7. The van der Waals surface area contributed by atoms with Gasteiger partial charge in [0.2, 0.25) is 0 Å². The van der Waals surface area contributed by atoms with Crippen molar-refractivity contribution in [1.29, 1.82) is 0 Å². The van der Waals surface area contributed by atoms with E-state index in [0.717, 1.165) is 17.7 Å². The number of fused-ring (bicyclic) bond motifs is 1. The Bertz CT molecular complexity index is 1210. The van der Waals surface area contributed by atoms with Gasteiger partial charge in [0.05, 0.1) is 22.8 Å². The summed E-state index contributed by atoms with van der Waals surface area (Å²) in [4.78, 5) is 27.7. The molecule has 0 aliphatic carbocycles. The van der Waals surface area contributed by atoms with Crippen molar-refractivity contribution < 1.29 is 13.2 Å². The van der Waals surface area contributed by atoms with Gasteiger partial charge in [-0.05, 0) is 36.4 Å². The molecular weight excluding hydrogens is 389 g/mol. The highest BCUT2D eigenvalue weighted by Crippen LogP contribution is 2.35. The molecule has 0 aliphatic heterocycles. The summed E-state index contributed by atoms with van der Waals surface area (Å²) in [6.45, 7) is 0. The third-order valence-corrected chi connectivity index (χ3v) is 4.99. The van der Waals surface area contributed by atoms with Crippen LogP contribution in [0.4, 0.5) is 13.2 Å². The number of halogens is 3. The standard InChI is InChI=1S/C19H11F3N4OS/c20-19(21,22)12-2-4-13(5-3-12)28-18-16(23-7-8-24-18)11-1-6-14-15(9-11)25-10-26-17(14)27/h1-10H,(H,25,26,27). The van der Waals surface area contributed by atoms with Crippen molar-refractivity contribution in [3.8, 4) is 11.3 Å². The summed E-state index contributed by atoms with van der Waals surface area (Å²) in [5.41, 5.74) is 0.847. The molecule has 0 unspecified atom stereocenters. The van der Waals surface area contributed by atoms with Crippen LogP contribution in [0.3, 0.4) is 0 Å². The van der Waals surface area contributed by atoms with Crippen LogP contribution >= 0.6 is 11.8 Å². The number of H-pyrrole nitrogens is 1. The molecule has 0 saturated carbocycles. The van der Waals surface area contributed by atoms with Gasteiger partial charge < -0.3 is 4.98 Å². The minimum atomic E-state index is -4.38. The number of aromatic nitrogens is 4. The quantitative estimate of drug-likeness (QED) is 0.546. The van der Waals surface area contributed by atoms with Crippen LogP contribution in [0.5, 0.6) is 0 Å². The summed E-state index contributed by atoms with van der Waals surface area (Å²) < 4.78 is 38.2. The fourth-order valence-electron chi connectivity index (χ4n) is 2.65. The number of nitrogens with zero attached hydrogens (tertiary/aromatic N) is 3. The van der Waals surface area contributed by atoms with Crippen LogP contribution in [0.1, 0.15) is 5.56 Å². The monoisotopic (exact) mass is 400 g/mol. The number of hydrogen-bond acceptors (Lipinski definition) is 5. The summed E-state index contributed by atoms with van der Waals surface area (Å²) in [6.07, 6.45) is -0.00481. The molecule has 5 nitrogen and oxygen atoms in total. The van der Waals surface area contributed by atoms with E-state index in [1.54, 1.807) is 18.2 Å². The van der Waals surface area contributed by atoms with E-state index in [1.165, 1.54) is 42.6 Å². The summed E-state index contributed by atoms with van der Waals surface area (Å²) in [5.74, 6) is 0. The first-order valence-electron chi connectivity index (χ1n) is 8.06. The highest BCUT2D eigenvalue weighted by molar-refractivity contribution is 7.99. The van der Waals surface area contributed by atoms with Crippen LogP contribution in [0, 0.1) is 0 Å². The Hall–Kier alpha value is -3.20. The Kier molecular flexibility index (Phi) is 4.60. The smallest absolute Gasteiger partial charge is 0.346 e. The number of nitrogens with one attached hydrogen (secondary N) is 1. The van der Waals surface area contributed by atoms with Gasteiger partial charge in [-0.3, -0.25) is 9.78 Å². The summed E-state index contributed by atoms with van der Waals surface area (Å²) >= 11 is 1.21. The lowest BCUT2D eigenvalue weighted by molar-refractivity contribution is -0.137. The van der Waals surface area contributed by atoms with E-state index in [0.29, 0.717) is 26.5 Å². The van der Waals surface area contributed by atoms with Crippen molar-refractivity contribution in [2.24, 2.45) is 0 Å². The van der Waals surface area contributed by atoms with Crippen molar-refractivity contribution in [2.45, 2.75) is 16.1 Å². The second-order valence-electron chi connectivity index (χ2n) is 5.80. The van der Waals surface area contributed by atoms with Crippen LogP contribution < -0.4 is 5.56 Å². The summed E-state index contributed by atoms with van der Waals surface area (Å²) in [6, 6.07) is 10.0. The van der Waals surface area contributed by atoms with E-state index in [-0.39, 0.29) is 5.56 Å². The lowest BCUT2D eigenvalue weighted by atomic mass is 10.1. The first-order chi connectivity index (χ1) is 13.4. The number of benzene rings is 2. The van der Waals surface area contributed by atoms with E-state index in [9.17, 15) is 18.0 Å². The van der Waals surface area contributed by atoms with Gasteiger partial charge in [0.1, 0.15) is 10.7 Å². The zero-order chi connectivity index (χ0) is 19.7. The highest BCUT2D eigenvalue weighted by Gasteiger charge is 2.30. The molecule has 4 rings (SSSR count). The molecule has 0 atom stereocenters. The van der Waals surface area contributed by atoms with E-state index in [1.807, 2.05) is 0 Å². The third-order valence-electron chi connectivity index (χ3n) is 3.99. The maximum Gasteiger partial charge on any atom is 0.416 e. The molecule has 0 saturated heterocycles. The number of rotatable bonds is 3. The largest absolute Gasteiger partial charge is 0.416 e. The van der Waals surface area contributed by atoms with Gasteiger partial charge in [-0.25, -0.2) is 4.98 Å². The highest BCUT2D eigenvalue weighted by atomic mass is 32.2. The average molecular weight is 400 g/mol. The van der Waals surface area contributed by atoms with Crippen LogP contribution in [0.2, 0.25) is 0 Å². The Morgan fingerprint density at radius 2 is 1.68 bits per heavy atom. The SMILES string of the molecule is O=c1nc[nH]c2cc(-c3nccnc3Sc3ccc(C(F)(F)F)cc3)ccc12. The van der Waals surface area contributed by atoms with E-state index < -0.39 is 11.7 Å². The van der Waals surface area contributed by atoms with Crippen LogP contribution in [-0.4, -0.2) is 19.9 Å². The van der Waals surface area contributed by atoms with Gasteiger partial charge in [0.25, 0.3) is 5.56 Å². The Balaban J connectivity index is 1.70. The molecule has 0 fully saturated rings. The molecule has 1 N–H and O–H groups in total. The lowest BCUT2D eigenvalue weighted by Gasteiger charge is -2.09. The molecule has 0 spiro atoms. The maximum atomic E-state index is 12.7. The van der Waals surface area contributed by atoms with E-state index in [4.69, 9.17) is 0 Å². The first-order valence-corrected chi connectivity index (χ1v) is 8.87. The first kappa shape index (κ1) is 18.2. The average Bonchev–Trinajstić information content (AvgIpc) is 2.68. The molecule has 140 valence electrons. The minimum Gasteiger partial charge on any atom is -0.346 e. The van der Waals surface area contributed by atoms with Crippen molar-refractivity contribution >= 4 is 22.7 Å². The van der Waals surface area contributed by atoms with Gasteiger partial charge in [-0.2, -0.15) is 18.2 Å². The normalized spacial score (nSPS) is 11.7. The Labute approximate surface area is 160 Å². The van der Waals surface area contributed by atoms with Crippen molar-refractivity contribution in [3.05, 3.63) is 77.1 Å². The zero-order valence-electron chi connectivity index (χ0n) is 14.1. The van der Waals surface area contributed by atoms with Gasteiger partial charge in [-0.15, -0.1) is 0 Å². The van der Waals surface area contributed by atoms with Crippen molar-refractivity contribution in [1.82, 2.24) is 19.9 Å². The van der Waals surface area contributed by atoms with Gasteiger partial charge in [-0.1, -0.05) is 17.8 Å².